The Hall–Kier alpha value is -3.59. The fraction of sp³-hybridized carbons (Fsp3) is 0.286. The van der Waals surface area contributed by atoms with E-state index >= 15 is 0 Å². The molecule has 9 heteroatoms. The van der Waals surface area contributed by atoms with Gasteiger partial charge in [-0.3, -0.25) is 9.48 Å². The number of carbonyl (C=O) groups excluding carboxylic acids is 1. The van der Waals surface area contributed by atoms with E-state index in [0.717, 1.165) is 27.7 Å². The number of aromatic nitrogens is 5. The lowest BCUT2D eigenvalue weighted by molar-refractivity contribution is 0.102. The first-order valence-corrected chi connectivity index (χ1v) is 9.70. The highest BCUT2D eigenvalue weighted by Gasteiger charge is 2.16. The number of benzene rings is 1. The van der Waals surface area contributed by atoms with E-state index in [-0.39, 0.29) is 11.9 Å². The number of nitrogens with two attached hydrogens (primary N) is 1. The summed E-state index contributed by atoms with van der Waals surface area (Å²) in [6.07, 6.45) is 3.55. The highest BCUT2D eigenvalue weighted by Crippen LogP contribution is 2.26. The third kappa shape index (κ3) is 3.79. The maximum Gasteiger partial charge on any atom is 0.259 e. The Kier molecular flexibility index (Phi) is 5.04. The molecule has 0 bridgehead atoms. The van der Waals surface area contributed by atoms with E-state index in [9.17, 15) is 4.79 Å². The van der Waals surface area contributed by atoms with E-state index < -0.39 is 0 Å². The van der Waals surface area contributed by atoms with Crippen LogP contribution in [0.4, 0.5) is 11.5 Å². The summed E-state index contributed by atoms with van der Waals surface area (Å²) >= 11 is 0. The number of amides is 1. The Bertz CT molecular complexity index is 1260. The van der Waals surface area contributed by atoms with Gasteiger partial charge in [0.25, 0.3) is 5.91 Å². The predicted molar refractivity (Wildman–Crippen MR) is 118 cm³/mol. The van der Waals surface area contributed by atoms with Crippen LogP contribution in [0.15, 0.2) is 30.6 Å². The molecule has 9 nitrogen and oxygen atoms in total. The summed E-state index contributed by atoms with van der Waals surface area (Å²) in [7, 11) is 1.84. The number of nitrogens with zero attached hydrogens (tertiary/aromatic N) is 5. The molecule has 3 aromatic heterocycles. The van der Waals surface area contributed by atoms with E-state index in [1.165, 1.54) is 0 Å². The summed E-state index contributed by atoms with van der Waals surface area (Å²) in [5, 5.41) is 11.3. The van der Waals surface area contributed by atoms with E-state index in [2.05, 4.69) is 30.7 Å². The van der Waals surface area contributed by atoms with Gasteiger partial charge in [-0.1, -0.05) is 0 Å². The summed E-state index contributed by atoms with van der Waals surface area (Å²) in [5.74, 6) is 0.773. The maximum absolute atomic E-state index is 13.1. The highest BCUT2D eigenvalue weighted by molar-refractivity contribution is 6.13. The molecule has 0 saturated carbocycles. The van der Waals surface area contributed by atoms with Crippen LogP contribution < -0.4 is 16.4 Å². The van der Waals surface area contributed by atoms with Crippen molar-refractivity contribution >= 4 is 39.3 Å². The van der Waals surface area contributed by atoms with Crippen molar-refractivity contribution in [2.45, 2.75) is 26.8 Å². The molecule has 0 aliphatic heterocycles. The number of rotatable bonds is 5. The molecule has 154 valence electrons. The summed E-state index contributed by atoms with van der Waals surface area (Å²) < 4.78 is 1.71. The molecule has 0 aliphatic carbocycles. The van der Waals surface area contributed by atoms with Crippen molar-refractivity contribution < 1.29 is 4.79 Å². The van der Waals surface area contributed by atoms with Crippen LogP contribution in [-0.4, -0.2) is 43.2 Å². The standard InChI is InChI=1S/C21H24N8O/c1-11-7-18(26-17-10-29(4)28-19(11)17)27-21(30)14-5-6-16(24-8-12(2)22)15-9-23-13(3)25-20(14)15/h5-7,9-10,12,24H,8,22H2,1-4H3,(H,26,27,30)/t12-/m1/s1. The molecule has 0 fully saturated rings. The molecule has 30 heavy (non-hydrogen) atoms. The number of nitrogens with one attached hydrogen (secondary N) is 2. The van der Waals surface area contributed by atoms with Crippen LogP contribution in [0.1, 0.15) is 28.7 Å². The minimum atomic E-state index is -0.285. The van der Waals surface area contributed by atoms with Gasteiger partial charge in [0.2, 0.25) is 0 Å². The van der Waals surface area contributed by atoms with Crippen LogP contribution in [-0.2, 0) is 7.05 Å². The van der Waals surface area contributed by atoms with Crippen molar-refractivity contribution in [2.75, 3.05) is 17.2 Å². The molecular weight excluding hydrogens is 380 g/mol. The number of fused-ring (bicyclic) bond motifs is 2. The lowest BCUT2D eigenvalue weighted by Gasteiger charge is -2.14. The molecule has 1 aromatic carbocycles. The largest absolute Gasteiger partial charge is 0.383 e. The Morgan fingerprint density at radius 3 is 2.80 bits per heavy atom. The van der Waals surface area contributed by atoms with Crippen molar-refractivity contribution in [3.05, 3.63) is 47.5 Å². The van der Waals surface area contributed by atoms with Crippen molar-refractivity contribution in [2.24, 2.45) is 12.8 Å². The second-order valence-corrected chi connectivity index (χ2v) is 7.51. The van der Waals surface area contributed by atoms with Crippen LogP contribution in [0.25, 0.3) is 21.9 Å². The lowest BCUT2D eigenvalue weighted by atomic mass is 10.1. The normalized spacial score (nSPS) is 12.3. The van der Waals surface area contributed by atoms with Crippen molar-refractivity contribution in [3.63, 3.8) is 0 Å². The van der Waals surface area contributed by atoms with E-state index in [4.69, 9.17) is 5.73 Å². The average Bonchev–Trinajstić information content (AvgIpc) is 3.06. The summed E-state index contributed by atoms with van der Waals surface area (Å²) in [6.45, 7) is 6.26. The van der Waals surface area contributed by atoms with Gasteiger partial charge in [0.15, 0.2) is 0 Å². The van der Waals surface area contributed by atoms with Gasteiger partial charge in [-0.15, -0.1) is 0 Å². The highest BCUT2D eigenvalue weighted by atomic mass is 16.1. The quantitative estimate of drug-likeness (QED) is 0.467. The molecule has 0 unspecified atom stereocenters. The van der Waals surface area contributed by atoms with Gasteiger partial charge in [0, 0.05) is 36.9 Å². The Balaban J connectivity index is 1.71. The van der Waals surface area contributed by atoms with Gasteiger partial charge in [-0.05, 0) is 44.5 Å². The molecule has 4 N–H and O–H groups in total. The first-order chi connectivity index (χ1) is 14.3. The van der Waals surface area contributed by atoms with Gasteiger partial charge in [0.05, 0.1) is 17.3 Å². The topological polar surface area (TPSA) is 124 Å². The van der Waals surface area contributed by atoms with Crippen molar-refractivity contribution in [1.82, 2.24) is 24.7 Å². The second kappa shape index (κ2) is 7.68. The summed E-state index contributed by atoms with van der Waals surface area (Å²) in [4.78, 5) is 26.4. The van der Waals surface area contributed by atoms with Gasteiger partial charge in [0.1, 0.15) is 22.7 Å². The summed E-state index contributed by atoms with van der Waals surface area (Å²) in [6, 6.07) is 5.41. The molecule has 0 spiro atoms. The van der Waals surface area contributed by atoms with Crippen LogP contribution in [0.3, 0.4) is 0 Å². The van der Waals surface area contributed by atoms with Crippen LogP contribution in [0, 0.1) is 13.8 Å². The SMILES string of the molecule is Cc1ncc2c(NC[C@@H](C)N)ccc(C(=O)Nc3cc(C)c4nn(C)cc4n3)c2n1. The lowest BCUT2D eigenvalue weighted by Crippen LogP contribution is -2.25. The van der Waals surface area contributed by atoms with Gasteiger partial charge >= 0.3 is 0 Å². The van der Waals surface area contributed by atoms with Crippen LogP contribution in [0.5, 0.6) is 0 Å². The fourth-order valence-electron chi connectivity index (χ4n) is 3.34. The van der Waals surface area contributed by atoms with Crippen LogP contribution in [0.2, 0.25) is 0 Å². The van der Waals surface area contributed by atoms with Crippen molar-refractivity contribution in [3.8, 4) is 0 Å². The molecular formula is C21H24N8O. The molecule has 0 radical (unpaired) electrons. The predicted octanol–water partition coefficient (Wildman–Crippen LogP) is 2.54. The van der Waals surface area contributed by atoms with E-state index in [1.54, 1.807) is 23.9 Å². The number of anilines is 2. The average molecular weight is 404 g/mol. The Morgan fingerprint density at radius 2 is 2.03 bits per heavy atom. The zero-order chi connectivity index (χ0) is 21.4. The smallest absolute Gasteiger partial charge is 0.259 e. The molecule has 0 saturated heterocycles. The third-order valence-corrected chi connectivity index (χ3v) is 4.75. The van der Waals surface area contributed by atoms with E-state index in [1.807, 2.05) is 39.2 Å². The zero-order valence-corrected chi connectivity index (χ0v) is 17.4. The van der Waals surface area contributed by atoms with Gasteiger partial charge < -0.3 is 16.4 Å². The monoisotopic (exact) mass is 404 g/mol. The number of hydrogen-bond acceptors (Lipinski definition) is 7. The molecule has 0 aliphatic rings. The first kappa shape index (κ1) is 19.7. The molecule has 4 rings (SSSR count). The Labute approximate surface area is 173 Å². The van der Waals surface area contributed by atoms with Crippen LogP contribution >= 0.6 is 0 Å². The number of pyridine rings is 1. The maximum atomic E-state index is 13.1. The fourth-order valence-corrected chi connectivity index (χ4v) is 3.34. The van der Waals surface area contributed by atoms with Gasteiger partial charge in [-0.2, -0.15) is 5.10 Å². The first-order valence-electron chi connectivity index (χ1n) is 9.70. The van der Waals surface area contributed by atoms with E-state index in [0.29, 0.717) is 29.3 Å². The minimum absolute atomic E-state index is 0.00824. The number of carbonyl (C=O) groups is 1. The third-order valence-electron chi connectivity index (χ3n) is 4.75. The number of aryl methyl sites for hydroxylation is 3. The molecule has 3 heterocycles. The molecule has 4 aromatic rings. The second-order valence-electron chi connectivity index (χ2n) is 7.51. The van der Waals surface area contributed by atoms with Gasteiger partial charge in [-0.25, -0.2) is 15.0 Å². The van der Waals surface area contributed by atoms with Crippen molar-refractivity contribution in [1.29, 1.82) is 0 Å². The molecule has 1 amide bonds. The zero-order valence-electron chi connectivity index (χ0n) is 17.4. The Morgan fingerprint density at radius 1 is 1.23 bits per heavy atom. The summed E-state index contributed by atoms with van der Waals surface area (Å²) in [5.41, 5.74) is 10.2. The number of hydrogen-bond donors (Lipinski definition) is 3. The molecule has 1 atom stereocenters. The minimum Gasteiger partial charge on any atom is -0.383 e.